The maximum absolute atomic E-state index is 12.8. The Morgan fingerprint density at radius 1 is 1.11 bits per heavy atom. The number of hydrogen-bond donors (Lipinski definition) is 1. The van der Waals surface area contributed by atoms with Gasteiger partial charge < -0.3 is 10.1 Å². The van der Waals surface area contributed by atoms with Gasteiger partial charge in [-0.1, -0.05) is 19.4 Å². The van der Waals surface area contributed by atoms with Crippen molar-refractivity contribution in [2.24, 2.45) is 0 Å². The fourth-order valence-corrected chi connectivity index (χ4v) is 2.81. The van der Waals surface area contributed by atoms with E-state index in [1.54, 1.807) is 28.7 Å². The van der Waals surface area contributed by atoms with Crippen LogP contribution in [0.1, 0.15) is 51.9 Å². The molecule has 0 atom stereocenters. The van der Waals surface area contributed by atoms with Gasteiger partial charge in [0.2, 0.25) is 0 Å². The molecule has 3 aromatic rings. The van der Waals surface area contributed by atoms with Crippen molar-refractivity contribution in [1.29, 1.82) is 0 Å². The highest BCUT2D eigenvalue weighted by atomic mass is 16.5. The molecule has 0 aliphatic carbocycles. The molecule has 0 bridgehead atoms. The van der Waals surface area contributed by atoms with Crippen LogP contribution < -0.4 is 5.32 Å². The number of nitrogens with zero attached hydrogens (tertiary/aromatic N) is 2. The standard InChI is InChI=1S/C21H23N3O3/c1-4-5-12-27-21(26)16-7-9-17(10-8-16)23-20(25)19-15(3)22-18-11-6-14(2)13-24(18)19/h6-11,13H,4-5,12H2,1-3H3,(H,23,25). The van der Waals surface area contributed by atoms with E-state index in [0.29, 0.717) is 29.2 Å². The van der Waals surface area contributed by atoms with E-state index in [-0.39, 0.29) is 11.9 Å². The zero-order valence-electron chi connectivity index (χ0n) is 15.8. The Kier molecular flexibility index (Phi) is 5.54. The molecule has 0 saturated heterocycles. The number of carbonyl (C=O) groups is 2. The number of rotatable bonds is 6. The molecule has 0 aliphatic rings. The molecule has 0 fully saturated rings. The first kappa shape index (κ1) is 18.6. The van der Waals surface area contributed by atoms with Crippen LogP contribution in [0.25, 0.3) is 5.65 Å². The van der Waals surface area contributed by atoms with E-state index >= 15 is 0 Å². The molecule has 1 N–H and O–H groups in total. The molecule has 0 aliphatic heterocycles. The molecule has 1 aromatic carbocycles. The van der Waals surface area contributed by atoms with Crippen LogP contribution in [0, 0.1) is 13.8 Å². The van der Waals surface area contributed by atoms with Gasteiger partial charge in [-0.15, -0.1) is 0 Å². The lowest BCUT2D eigenvalue weighted by atomic mass is 10.2. The number of esters is 1. The number of fused-ring (bicyclic) bond motifs is 1. The van der Waals surface area contributed by atoms with Gasteiger partial charge in [-0.3, -0.25) is 9.20 Å². The van der Waals surface area contributed by atoms with Crippen LogP contribution in [0.3, 0.4) is 0 Å². The largest absolute Gasteiger partial charge is 0.462 e. The van der Waals surface area contributed by atoms with Crippen molar-refractivity contribution in [3.05, 3.63) is 65.1 Å². The number of aryl methyl sites for hydroxylation is 2. The molecule has 2 heterocycles. The molecule has 3 rings (SSSR count). The van der Waals surface area contributed by atoms with Crippen molar-refractivity contribution < 1.29 is 14.3 Å². The Balaban J connectivity index is 1.74. The Bertz CT molecular complexity index is 974. The minimum Gasteiger partial charge on any atom is -0.462 e. The predicted molar refractivity (Wildman–Crippen MR) is 104 cm³/mol. The Labute approximate surface area is 158 Å². The van der Waals surface area contributed by atoms with Crippen LogP contribution in [-0.4, -0.2) is 27.9 Å². The van der Waals surface area contributed by atoms with Gasteiger partial charge >= 0.3 is 5.97 Å². The van der Waals surface area contributed by atoms with Crippen molar-refractivity contribution in [3.63, 3.8) is 0 Å². The molecule has 1 amide bonds. The van der Waals surface area contributed by atoms with Crippen LogP contribution in [0.4, 0.5) is 5.69 Å². The van der Waals surface area contributed by atoms with E-state index in [0.717, 1.165) is 24.1 Å². The summed E-state index contributed by atoms with van der Waals surface area (Å²) in [7, 11) is 0. The van der Waals surface area contributed by atoms with Gasteiger partial charge in [0.25, 0.3) is 5.91 Å². The number of hydrogen-bond acceptors (Lipinski definition) is 4. The number of ether oxygens (including phenoxy) is 1. The fraction of sp³-hybridized carbons (Fsp3) is 0.286. The van der Waals surface area contributed by atoms with Crippen LogP contribution in [0.5, 0.6) is 0 Å². The third-order valence-electron chi connectivity index (χ3n) is 4.27. The average molecular weight is 365 g/mol. The summed E-state index contributed by atoms with van der Waals surface area (Å²) in [6.07, 6.45) is 3.71. The number of imidazole rings is 1. The molecule has 2 aromatic heterocycles. The lowest BCUT2D eigenvalue weighted by Gasteiger charge is -2.08. The molecule has 6 nitrogen and oxygen atoms in total. The van der Waals surface area contributed by atoms with Gasteiger partial charge in [0.1, 0.15) is 11.3 Å². The first-order chi connectivity index (χ1) is 13.0. The van der Waals surface area contributed by atoms with Crippen LogP contribution in [0.15, 0.2) is 42.6 Å². The summed E-state index contributed by atoms with van der Waals surface area (Å²) in [5.41, 5.74) is 4.00. The molecule has 27 heavy (non-hydrogen) atoms. The summed E-state index contributed by atoms with van der Waals surface area (Å²) < 4.78 is 6.98. The van der Waals surface area contributed by atoms with Gasteiger partial charge in [0.15, 0.2) is 0 Å². The normalized spacial score (nSPS) is 10.8. The smallest absolute Gasteiger partial charge is 0.338 e. The maximum atomic E-state index is 12.8. The number of unbranched alkanes of at least 4 members (excludes halogenated alkanes) is 1. The molecule has 0 saturated carbocycles. The summed E-state index contributed by atoms with van der Waals surface area (Å²) in [5.74, 6) is -0.599. The monoisotopic (exact) mass is 365 g/mol. The van der Waals surface area contributed by atoms with Crippen LogP contribution in [0.2, 0.25) is 0 Å². The minimum atomic E-state index is -0.352. The van der Waals surface area contributed by atoms with Crippen molar-refractivity contribution >= 4 is 23.2 Å². The van der Waals surface area contributed by atoms with Crippen molar-refractivity contribution in [2.75, 3.05) is 11.9 Å². The maximum Gasteiger partial charge on any atom is 0.338 e. The number of benzene rings is 1. The molecule has 6 heteroatoms. The molecular weight excluding hydrogens is 342 g/mol. The zero-order valence-corrected chi connectivity index (χ0v) is 15.8. The molecule has 140 valence electrons. The highest BCUT2D eigenvalue weighted by Crippen LogP contribution is 2.17. The van der Waals surface area contributed by atoms with Crippen LogP contribution >= 0.6 is 0 Å². The lowest BCUT2D eigenvalue weighted by molar-refractivity contribution is 0.0499. The summed E-state index contributed by atoms with van der Waals surface area (Å²) in [6, 6.07) is 10.5. The first-order valence-corrected chi connectivity index (χ1v) is 9.03. The van der Waals surface area contributed by atoms with Gasteiger partial charge in [0.05, 0.1) is 17.9 Å². The van der Waals surface area contributed by atoms with E-state index in [4.69, 9.17) is 4.74 Å². The SMILES string of the molecule is CCCCOC(=O)c1ccc(NC(=O)c2c(C)nc3ccc(C)cn23)cc1. The second-order valence-electron chi connectivity index (χ2n) is 6.50. The summed E-state index contributed by atoms with van der Waals surface area (Å²) in [4.78, 5) is 29.1. The number of anilines is 1. The topological polar surface area (TPSA) is 72.7 Å². The third kappa shape index (κ3) is 4.16. The second-order valence-corrected chi connectivity index (χ2v) is 6.50. The average Bonchev–Trinajstić information content (AvgIpc) is 2.97. The number of amides is 1. The lowest BCUT2D eigenvalue weighted by Crippen LogP contribution is -2.16. The van der Waals surface area contributed by atoms with Gasteiger partial charge in [-0.2, -0.15) is 0 Å². The van der Waals surface area contributed by atoms with E-state index in [1.807, 2.05) is 39.1 Å². The number of carbonyl (C=O) groups excluding carboxylic acids is 2. The number of aromatic nitrogens is 2. The number of nitrogens with one attached hydrogen (secondary N) is 1. The summed E-state index contributed by atoms with van der Waals surface area (Å²) in [5, 5.41) is 2.86. The summed E-state index contributed by atoms with van der Waals surface area (Å²) >= 11 is 0. The van der Waals surface area contributed by atoms with Gasteiger partial charge in [-0.25, -0.2) is 9.78 Å². The van der Waals surface area contributed by atoms with Gasteiger partial charge in [-0.05, 0) is 56.2 Å². The second kappa shape index (κ2) is 8.03. The predicted octanol–water partition coefficient (Wildman–Crippen LogP) is 4.16. The van der Waals surface area contributed by atoms with E-state index in [1.165, 1.54) is 0 Å². The van der Waals surface area contributed by atoms with Crippen molar-refractivity contribution in [3.8, 4) is 0 Å². The molecular formula is C21H23N3O3. The minimum absolute atomic E-state index is 0.246. The Morgan fingerprint density at radius 3 is 2.56 bits per heavy atom. The highest BCUT2D eigenvalue weighted by molar-refractivity contribution is 6.04. The summed E-state index contributed by atoms with van der Waals surface area (Å²) in [6.45, 7) is 6.24. The van der Waals surface area contributed by atoms with Gasteiger partial charge in [0, 0.05) is 11.9 Å². The fourth-order valence-electron chi connectivity index (χ4n) is 2.81. The quantitative estimate of drug-likeness (QED) is 0.526. The highest BCUT2D eigenvalue weighted by Gasteiger charge is 2.17. The van der Waals surface area contributed by atoms with E-state index in [9.17, 15) is 9.59 Å². The zero-order chi connectivity index (χ0) is 19.4. The third-order valence-corrected chi connectivity index (χ3v) is 4.27. The first-order valence-electron chi connectivity index (χ1n) is 9.03. The molecule has 0 radical (unpaired) electrons. The van der Waals surface area contributed by atoms with Crippen molar-refractivity contribution in [2.45, 2.75) is 33.6 Å². The Morgan fingerprint density at radius 2 is 1.85 bits per heavy atom. The van der Waals surface area contributed by atoms with Crippen molar-refractivity contribution in [1.82, 2.24) is 9.38 Å². The molecule has 0 unspecified atom stereocenters. The van der Waals surface area contributed by atoms with Crippen LogP contribution in [-0.2, 0) is 4.74 Å². The van der Waals surface area contributed by atoms with E-state index in [2.05, 4.69) is 10.3 Å². The van der Waals surface area contributed by atoms with E-state index < -0.39 is 0 Å². The molecule has 0 spiro atoms. The number of pyridine rings is 1. The Hall–Kier alpha value is -3.15.